The maximum atomic E-state index is 13.3. The molecule has 1 aromatic carbocycles. The lowest BCUT2D eigenvalue weighted by molar-refractivity contribution is -0.137. The van der Waals surface area contributed by atoms with Crippen molar-refractivity contribution in [3.05, 3.63) is 29.6 Å². The molecule has 0 saturated heterocycles. The Morgan fingerprint density at radius 3 is 2.46 bits per heavy atom. The molecule has 0 spiro atoms. The summed E-state index contributed by atoms with van der Waals surface area (Å²) in [6, 6.07) is 3.22. The normalized spacial score (nSPS) is 11.1. The Balaban J connectivity index is 2.52. The molecule has 134 valence electrons. The van der Waals surface area contributed by atoms with Crippen LogP contribution in [0.25, 0.3) is 0 Å². The van der Waals surface area contributed by atoms with Crippen molar-refractivity contribution in [3.8, 4) is 0 Å². The van der Waals surface area contributed by atoms with Crippen LogP contribution < -0.4 is 10.0 Å². The molecule has 3 N–H and O–H groups in total. The number of halogens is 1. The van der Waals surface area contributed by atoms with Crippen molar-refractivity contribution in [3.63, 3.8) is 0 Å². The number of nitrogens with one attached hydrogen (secondary N) is 2. The highest BCUT2D eigenvalue weighted by Gasteiger charge is 2.15. The highest BCUT2D eigenvalue weighted by atomic mass is 32.2. The number of rotatable bonds is 10. The van der Waals surface area contributed by atoms with Gasteiger partial charge in [-0.05, 0) is 31.0 Å². The molecule has 0 aliphatic heterocycles. The fourth-order valence-electron chi connectivity index (χ4n) is 2.04. The molecule has 24 heavy (non-hydrogen) atoms. The van der Waals surface area contributed by atoms with Gasteiger partial charge in [-0.25, -0.2) is 12.8 Å². The number of benzene rings is 1. The van der Waals surface area contributed by atoms with Gasteiger partial charge in [-0.1, -0.05) is 12.8 Å². The number of carboxylic acids is 1. The third-order valence-electron chi connectivity index (χ3n) is 3.12. The molecule has 0 saturated carbocycles. The van der Waals surface area contributed by atoms with E-state index in [4.69, 9.17) is 5.11 Å². The highest BCUT2D eigenvalue weighted by molar-refractivity contribution is 7.92. The van der Waals surface area contributed by atoms with Crippen molar-refractivity contribution in [2.75, 3.05) is 17.5 Å². The second-order valence-corrected chi connectivity index (χ2v) is 7.13. The van der Waals surface area contributed by atoms with E-state index in [0.29, 0.717) is 19.4 Å². The van der Waals surface area contributed by atoms with E-state index in [-0.39, 0.29) is 17.7 Å². The molecule has 0 aliphatic rings. The van der Waals surface area contributed by atoms with Gasteiger partial charge < -0.3 is 10.4 Å². The second kappa shape index (κ2) is 9.21. The molecule has 0 radical (unpaired) electrons. The molecule has 1 rings (SSSR count). The first-order chi connectivity index (χ1) is 11.2. The van der Waals surface area contributed by atoms with E-state index in [2.05, 4.69) is 10.0 Å². The minimum absolute atomic E-state index is 0.0119. The molecular weight excluding hydrogens is 339 g/mol. The lowest BCUT2D eigenvalue weighted by atomic mass is 10.1. The topological polar surface area (TPSA) is 113 Å². The number of carbonyl (C=O) groups is 2. The first-order valence-corrected chi connectivity index (χ1v) is 9.35. The second-order valence-electron chi connectivity index (χ2n) is 5.38. The van der Waals surface area contributed by atoms with E-state index in [9.17, 15) is 22.4 Å². The smallest absolute Gasteiger partial charge is 0.303 e. The lowest BCUT2D eigenvalue weighted by Gasteiger charge is -2.11. The maximum Gasteiger partial charge on any atom is 0.303 e. The number of carbonyl (C=O) groups excluding carboxylic acids is 1. The van der Waals surface area contributed by atoms with Crippen molar-refractivity contribution in [2.45, 2.75) is 32.1 Å². The van der Waals surface area contributed by atoms with Gasteiger partial charge >= 0.3 is 5.97 Å². The Labute approximate surface area is 140 Å². The third kappa shape index (κ3) is 7.91. The van der Waals surface area contributed by atoms with Crippen LogP contribution in [0.15, 0.2) is 18.2 Å². The monoisotopic (exact) mass is 360 g/mol. The average Bonchev–Trinajstić information content (AvgIpc) is 2.46. The Hall–Kier alpha value is -2.16. The molecule has 9 heteroatoms. The molecule has 0 heterocycles. The zero-order valence-corrected chi connectivity index (χ0v) is 14.2. The van der Waals surface area contributed by atoms with E-state index in [0.717, 1.165) is 31.2 Å². The summed E-state index contributed by atoms with van der Waals surface area (Å²) in [5.74, 6) is -2.06. The number of unbranched alkanes of at least 4 members (excludes halogenated alkanes) is 3. The summed E-state index contributed by atoms with van der Waals surface area (Å²) < 4.78 is 38.1. The van der Waals surface area contributed by atoms with Crippen LogP contribution in [0.1, 0.15) is 42.5 Å². The van der Waals surface area contributed by atoms with E-state index in [1.54, 1.807) is 0 Å². The van der Waals surface area contributed by atoms with Gasteiger partial charge in [-0.3, -0.25) is 14.3 Å². The lowest BCUT2D eigenvalue weighted by Crippen LogP contribution is -2.26. The molecule has 0 unspecified atom stereocenters. The van der Waals surface area contributed by atoms with Gasteiger partial charge in [0.05, 0.1) is 17.5 Å². The van der Waals surface area contributed by atoms with Crippen molar-refractivity contribution in [2.24, 2.45) is 0 Å². The fraction of sp³-hybridized carbons (Fsp3) is 0.467. The van der Waals surface area contributed by atoms with E-state index >= 15 is 0 Å². The van der Waals surface area contributed by atoms with E-state index in [1.807, 2.05) is 0 Å². The molecule has 1 amide bonds. The third-order valence-corrected chi connectivity index (χ3v) is 3.72. The number of aliphatic carboxylic acids is 1. The van der Waals surface area contributed by atoms with Crippen molar-refractivity contribution in [1.82, 2.24) is 5.32 Å². The van der Waals surface area contributed by atoms with Crippen molar-refractivity contribution >= 4 is 27.6 Å². The van der Waals surface area contributed by atoms with Gasteiger partial charge in [-0.2, -0.15) is 0 Å². The molecular formula is C15H21FN2O5S. The molecule has 0 fully saturated rings. The summed E-state index contributed by atoms with van der Waals surface area (Å²) in [4.78, 5) is 22.4. The Kier molecular flexibility index (Phi) is 7.63. The molecule has 7 nitrogen and oxygen atoms in total. The van der Waals surface area contributed by atoms with Crippen molar-refractivity contribution in [1.29, 1.82) is 0 Å². The molecule has 0 aliphatic carbocycles. The largest absolute Gasteiger partial charge is 0.481 e. The molecule has 0 aromatic heterocycles. The van der Waals surface area contributed by atoms with Crippen molar-refractivity contribution < 1.29 is 27.5 Å². The van der Waals surface area contributed by atoms with Gasteiger partial charge in [0.15, 0.2) is 0 Å². The van der Waals surface area contributed by atoms with Crippen LogP contribution in [0, 0.1) is 5.82 Å². The minimum atomic E-state index is -3.59. The Morgan fingerprint density at radius 1 is 1.17 bits per heavy atom. The molecule has 0 atom stereocenters. The number of carboxylic acid groups (broad SMARTS) is 1. The minimum Gasteiger partial charge on any atom is -0.481 e. The van der Waals surface area contributed by atoms with Gasteiger partial charge in [-0.15, -0.1) is 0 Å². The van der Waals surface area contributed by atoms with Crippen LogP contribution in [-0.4, -0.2) is 38.2 Å². The summed E-state index contributed by atoms with van der Waals surface area (Å²) in [5, 5.41) is 11.1. The van der Waals surface area contributed by atoms with Crippen LogP contribution in [0.4, 0.5) is 10.1 Å². The van der Waals surface area contributed by atoms with Crippen LogP contribution in [0.2, 0.25) is 0 Å². The SMILES string of the molecule is CS(=O)(=O)Nc1ccc(F)cc1C(=O)NCCCCCCC(=O)O. The predicted octanol–water partition coefficient (Wildman–Crippen LogP) is 1.96. The number of hydrogen-bond acceptors (Lipinski definition) is 4. The first kappa shape index (κ1) is 19.9. The standard InChI is InChI=1S/C15H21FN2O5S/c1-24(22,23)18-13-8-7-11(16)10-12(13)15(21)17-9-5-3-2-4-6-14(19)20/h7-8,10,18H,2-6,9H2,1H3,(H,17,21)(H,19,20). The summed E-state index contributed by atoms with van der Waals surface area (Å²) in [5.41, 5.74) is -0.0795. The number of anilines is 1. The zero-order valence-electron chi connectivity index (χ0n) is 13.3. The predicted molar refractivity (Wildman–Crippen MR) is 87.9 cm³/mol. The first-order valence-electron chi connectivity index (χ1n) is 7.46. The summed E-state index contributed by atoms with van der Waals surface area (Å²) in [6.45, 7) is 0.334. The van der Waals surface area contributed by atoms with Crippen LogP contribution in [0.3, 0.4) is 0 Å². The molecule has 0 bridgehead atoms. The summed E-state index contributed by atoms with van der Waals surface area (Å²) >= 11 is 0. The van der Waals surface area contributed by atoms with E-state index < -0.39 is 27.7 Å². The van der Waals surface area contributed by atoms with Gasteiger partial charge in [0.1, 0.15) is 5.82 Å². The van der Waals surface area contributed by atoms with Crippen LogP contribution in [-0.2, 0) is 14.8 Å². The number of hydrogen-bond donors (Lipinski definition) is 3. The van der Waals surface area contributed by atoms with Crippen LogP contribution in [0.5, 0.6) is 0 Å². The fourth-order valence-corrected chi connectivity index (χ4v) is 2.62. The number of amides is 1. The number of sulfonamides is 1. The van der Waals surface area contributed by atoms with E-state index in [1.165, 1.54) is 6.07 Å². The Bertz CT molecular complexity index is 691. The van der Waals surface area contributed by atoms with Gasteiger partial charge in [0.25, 0.3) is 5.91 Å². The maximum absolute atomic E-state index is 13.3. The van der Waals surface area contributed by atoms with Gasteiger partial charge in [0, 0.05) is 13.0 Å². The molecule has 1 aromatic rings. The Morgan fingerprint density at radius 2 is 1.83 bits per heavy atom. The van der Waals surface area contributed by atoms with Gasteiger partial charge in [0.2, 0.25) is 10.0 Å². The summed E-state index contributed by atoms with van der Waals surface area (Å²) in [6.07, 6.45) is 3.78. The quantitative estimate of drug-likeness (QED) is 0.552. The average molecular weight is 360 g/mol. The van der Waals surface area contributed by atoms with Crippen LogP contribution >= 0.6 is 0 Å². The highest BCUT2D eigenvalue weighted by Crippen LogP contribution is 2.18. The summed E-state index contributed by atoms with van der Waals surface area (Å²) in [7, 11) is -3.59. The zero-order chi connectivity index (χ0) is 18.2.